The first-order valence-corrected chi connectivity index (χ1v) is 17.1. The molecule has 50 heavy (non-hydrogen) atoms. The van der Waals surface area contributed by atoms with Crippen LogP contribution in [0.3, 0.4) is 0 Å². The highest BCUT2D eigenvalue weighted by Crippen LogP contribution is 2.48. The summed E-state index contributed by atoms with van der Waals surface area (Å²) in [5.74, 6) is -0.612. The Labute approximate surface area is 289 Å². The maximum atomic E-state index is 15.6. The number of amides is 3. The van der Waals surface area contributed by atoms with E-state index in [-0.39, 0.29) is 42.5 Å². The summed E-state index contributed by atoms with van der Waals surface area (Å²) in [6.07, 6.45) is 2.18. The quantitative estimate of drug-likeness (QED) is 0.226. The normalized spacial score (nSPS) is 19.6. The highest BCUT2D eigenvalue weighted by Gasteiger charge is 2.45. The summed E-state index contributed by atoms with van der Waals surface area (Å²) in [5.41, 5.74) is 7.92. The minimum Gasteiger partial charge on any atom is -0.368 e. The van der Waals surface area contributed by atoms with E-state index in [1.165, 1.54) is 11.0 Å². The highest BCUT2D eigenvalue weighted by molar-refractivity contribution is 6.05. The van der Waals surface area contributed by atoms with Crippen molar-refractivity contribution >= 4 is 34.8 Å². The molecule has 0 spiro atoms. The van der Waals surface area contributed by atoms with E-state index in [1.54, 1.807) is 6.07 Å². The Morgan fingerprint density at radius 1 is 1.06 bits per heavy atom. The van der Waals surface area contributed by atoms with Gasteiger partial charge in [0.15, 0.2) is 0 Å². The van der Waals surface area contributed by atoms with E-state index in [0.717, 1.165) is 57.9 Å². The fraction of sp³-hybridized carbons (Fsp3) is 0.359. The topological polar surface area (TPSA) is 123 Å². The number of hydrogen-bond acceptors (Lipinski definition) is 8. The summed E-state index contributed by atoms with van der Waals surface area (Å²) in [7, 11) is 0. The van der Waals surface area contributed by atoms with E-state index in [4.69, 9.17) is 4.52 Å². The number of rotatable bonds is 8. The van der Waals surface area contributed by atoms with E-state index in [2.05, 4.69) is 70.8 Å². The number of aromatic nitrogens is 1. The highest BCUT2D eigenvalue weighted by atomic mass is 19.1. The van der Waals surface area contributed by atoms with Gasteiger partial charge in [0.05, 0.1) is 22.9 Å². The lowest BCUT2D eigenvalue weighted by Gasteiger charge is -2.44. The second kappa shape index (κ2) is 11.8. The van der Waals surface area contributed by atoms with Gasteiger partial charge in [0.25, 0.3) is 5.91 Å². The van der Waals surface area contributed by atoms with Crippen molar-refractivity contribution in [3.05, 3.63) is 94.1 Å². The van der Waals surface area contributed by atoms with Gasteiger partial charge in [-0.15, -0.1) is 0 Å². The molecule has 0 bridgehead atoms. The molecule has 0 radical (unpaired) electrons. The molecule has 1 unspecified atom stereocenters. The third-order valence-corrected chi connectivity index (χ3v) is 10.8. The minimum absolute atomic E-state index is 0.135. The average molecular weight is 673 g/mol. The number of anilines is 3. The zero-order valence-electron chi connectivity index (χ0n) is 28.3. The number of nitrogens with zero attached hydrogens (tertiary/aromatic N) is 5. The second-order valence-corrected chi connectivity index (χ2v) is 14.2. The van der Waals surface area contributed by atoms with Crippen LogP contribution >= 0.6 is 0 Å². The van der Waals surface area contributed by atoms with Crippen LogP contribution < -0.4 is 15.1 Å². The first-order chi connectivity index (χ1) is 24.0. The third-order valence-electron chi connectivity index (χ3n) is 10.8. The zero-order valence-corrected chi connectivity index (χ0v) is 28.3. The molecule has 4 aliphatic rings. The molecule has 2 saturated heterocycles. The van der Waals surface area contributed by atoms with Crippen LogP contribution in [-0.2, 0) is 21.5 Å². The number of fused-ring (bicyclic) bond motifs is 1. The van der Waals surface area contributed by atoms with Gasteiger partial charge in [-0.2, -0.15) is 5.26 Å². The lowest BCUT2D eigenvalue weighted by Crippen LogP contribution is -2.52. The number of benzene rings is 3. The number of halogens is 1. The van der Waals surface area contributed by atoms with Crippen molar-refractivity contribution in [3.63, 3.8) is 0 Å². The van der Waals surface area contributed by atoms with Gasteiger partial charge in [0, 0.05) is 61.0 Å². The first kappa shape index (κ1) is 31.7. The Kier molecular flexibility index (Phi) is 7.51. The maximum Gasteiger partial charge on any atom is 0.255 e. The minimum atomic E-state index is -0.748. The number of carbonyl (C=O) groups excluding carboxylic acids is 3. The summed E-state index contributed by atoms with van der Waals surface area (Å²) in [6.45, 7) is 7.92. The Bertz CT molecular complexity index is 2090. The van der Waals surface area contributed by atoms with E-state index in [9.17, 15) is 19.6 Å². The number of imide groups is 1. The predicted molar refractivity (Wildman–Crippen MR) is 184 cm³/mol. The molecule has 1 N–H and O–H groups in total. The van der Waals surface area contributed by atoms with E-state index in [1.807, 2.05) is 18.7 Å². The van der Waals surface area contributed by atoms with Crippen LogP contribution in [0.1, 0.15) is 64.2 Å². The first-order valence-electron chi connectivity index (χ1n) is 17.1. The van der Waals surface area contributed by atoms with Crippen molar-refractivity contribution < 1.29 is 23.3 Å². The SMILES string of the molecule is Cc1ccc(-c2c(C)noc2C)cc1N(CC1CN(c2cc3c(cc2F)CN(C2CCC(=O)NC2=O)C3=O)C1)c1ccc(C2(C#N)CC2)cc1. The monoisotopic (exact) mass is 672 g/mol. The molecule has 8 rings (SSSR count). The molecule has 3 aromatic carbocycles. The van der Waals surface area contributed by atoms with Crippen molar-refractivity contribution in [3.8, 4) is 17.2 Å². The molecule has 3 fully saturated rings. The van der Waals surface area contributed by atoms with Crippen molar-refractivity contribution in [2.75, 3.05) is 29.4 Å². The van der Waals surface area contributed by atoms with Crippen LogP contribution in [0.15, 0.2) is 59.1 Å². The fourth-order valence-corrected chi connectivity index (χ4v) is 7.80. The Morgan fingerprint density at radius 3 is 2.48 bits per heavy atom. The van der Waals surface area contributed by atoms with Gasteiger partial charge in [-0.05, 0) is 92.6 Å². The summed E-state index contributed by atoms with van der Waals surface area (Å²) >= 11 is 0. The lowest BCUT2D eigenvalue weighted by atomic mass is 9.94. The molecule has 1 aliphatic carbocycles. The van der Waals surface area contributed by atoms with Gasteiger partial charge in [0.1, 0.15) is 17.6 Å². The number of aryl methyl sites for hydroxylation is 3. The third kappa shape index (κ3) is 5.30. The standard InChI is InChI=1S/C39H37FN6O4/c1-22-4-5-26(36-23(2)43-50-24(36)3)15-33(22)45(29-8-6-28(7-9-29)39(21-41)12-13-39)19-25-17-44(18-25)34-16-30-27(14-31(34)40)20-46(38(30)49)32-10-11-35(47)42-37(32)48/h4-9,14-16,25,32H,10-13,17-20H2,1-3H3,(H,42,47,48). The number of piperidine rings is 1. The molecule has 3 amide bonds. The van der Waals surface area contributed by atoms with E-state index >= 15 is 4.39 Å². The predicted octanol–water partition coefficient (Wildman–Crippen LogP) is 6.00. The van der Waals surface area contributed by atoms with Crippen molar-refractivity contribution in [2.45, 2.75) is 64.5 Å². The second-order valence-electron chi connectivity index (χ2n) is 14.2. The van der Waals surface area contributed by atoms with Crippen molar-refractivity contribution in [1.82, 2.24) is 15.4 Å². The lowest BCUT2D eigenvalue weighted by molar-refractivity contribution is -0.136. The summed E-state index contributed by atoms with van der Waals surface area (Å²) in [6, 6.07) is 19.4. The molecule has 1 atom stereocenters. The molecule has 3 aliphatic heterocycles. The molecule has 254 valence electrons. The van der Waals surface area contributed by atoms with Crippen LogP contribution in [0.5, 0.6) is 0 Å². The zero-order chi connectivity index (χ0) is 34.9. The largest absolute Gasteiger partial charge is 0.368 e. The van der Waals surface area contributed by atoms with E-state index < -0.39 is 17.8 Å². The Balaban J connectivity index is 1.05. The van der Waals surface area contributed by atoms with Crippen LogP contribution in [0, 0.1) is 43.8 Å². The van der Waals surface area contributed by atoms with Gasteiger partial charge in [-0.1, -0.05) is 29.4 Å². The van der Waals surface area contributed by atoms with Crippen LogP contribution in [0.4, 0.5) is 21.5 Å². The summed E-state index contributed by atoms with van der Waals surface area (Å²) in [4.78, 5) is 43.3. The maximum absolute atomic E-state index is 15.6. The molecule has 1 aromatic heterocycles. The molecule has 11 heteroatoms. The Hall–Kier alpha value is -5.50. The summed E-state index contributed by atoms with van der Waals surface area (Å²) < 4.78 is 21.1. The van der Waals surface area contributed by atoms with E-state index in [0.29, 0.717) is 36.4 Å². The van der Waals surface area contributed by atoms with Gasteiger partial charge in [0.2, 0.25) is 11.8 Å². The van der Waals surface area contributed by atoms with Gasteiger partial charge >= 0.3 is 0 Å². The number of nitriles is 1. The smallest absolute Gasteiger partial charge is 0.255 e. The number of hydrogen-bond donors (Lipinski definition) is 1. The molecular formula is C39H37FN6O4. The van der Waals surface area contributed by atoms with Gasteiger partial charge in [-0.25, -0.2) is 4.39 Å². The van der Waals surface area contributed by atoms with Gasteiger partial charge < -0.3 is 19.2 Å². The summed E-state index contributed by atoms with van der Waals surface area (Å²) in [5, 5.41) is 16.2. The molecule has 10 nitrogen and oxygen atoms in total. The number of nitrogens with one attached hydrogen (secondary N) is 1. The molecule has 1 saturated carbocycles. The molecule has 4 aromatic rings. The van der Waals surface area contributed by atoms with Crippen molar-refractivity contribution in [1.29, 1.82) is 5.26 Å². The van der Waals surface area contributed by atoms with Crippen LogP contribution in [-0.4, -0.2) is 53.5 Å². The van der Waals surface area contributed by atoms with Crippen LogP contribution in [0.2, 0.25) is 0 Å². The molecular weight excluding hydrogens is 635 g/mol. The Morgan fingerprint density at radius 2 is 1.82 bits per heavy atom. The number of carbonyl (C=O) groups is 3. The average Bonchev–Trinajstić information content (AvgIpc) is 3.73. The van der Waals surface area contributed by atoms with Crippen LogP contribution in [0.25, 0.3) is 11.1 Å². The van der Waals surface area contributed by atoms with Crippen molar-refractivity contribution in [2.24, 2.45) is 5.92 Å². The molecule has 4 heterocycles. The van der Waals surface area contributed by atoms with Gasteiger partial charge in [-0.3, -0.25) is 19.7 Å². The fourth-order valence-electron chi connectivity index (χ4n) is 7.80.